The van der Waals surface area contributed by atoms with Crippen LogP contribution >= 0.6 is 0 Å². The Morgan fingerprint density at radius 3 is 2.37 bits per heavy atom. The quantitative estimate of drug-likeness (QED) is 0.699. The lowest BCUT2D eigenvalue weighted by molar-refractivity contribution is 0.0524. The van der Waals surface area contributed by atoms with Crippen LogP contribution in [0.3, 0.4) is 0 Å². The van der Waals surface area contributed by atoms with Gasteiger partial charge in [-0.2, -0.15) is 0 Å². The van der Waals surface area contributed by atoms with Gasteiger partial charge in [-0.15, -0.1) is 0 Å². The normalized spacial score (nSPS) is 10.9. The minimum atomic E-state index is -0.279. The number of nitrogens with one attached hydrogen (secondary N) is 1. The standard InChI is InChI=1S/C14H23NO4/c1-4-19-14(16)13-10-15-9-12(13)11(5-7-17-2)6-8-18-3/h9-11,15H,4-8H2,1-3H3. The topological polar surface area (TPSA) is 60.6 Å². The predicted molar refractivity (Wildman–Crippen MR) is 72.5 cm³/mol. The molecule has 0 aliphatic carbocycles. The van der Waals surface area contributed by atoms with Crippen molar-refractivity contribution in [3.8, 4) is 0 Å². The maximum atomic E-state index is 11.9. The second kappa shape index (κ2) is 8.72. The third-order valence-corrected chi connectivity index (χ3v) is 3.05. The smallest absolute Gasteiger partial charge is 0.339 e. The molecule has 0 fully saturated rings. The molecule has 1 aromatic rings. The van der Waals surface area contributed by atoms with Crippen molar-refractivity contribution in [1.29, 1.82) is 0 Å². The molecule has 1 heterocycles. The van der Waals surface area contributed by atoms with E-state index < -0.39 is 0 Å². The van der Waals surface area contributed by atoms with Gasteiger partial charge < -0.3 is 19.2 Å². The summed E-state index contributed by atoms with van der Waals surface area (Å²) < 4.78 is 15.3. The highest BCUT2D eigenvalue weighted by molar-refractivity contribution is 5.91. The highest BCUT2D eigenvalue weighted by Crippen LogP contribution is 2.27. The van der Waals surface area contributed by atoms with Crippen LogP contribution in [-0.4, -0.2) is 45.0 Å². The molecule has 1 N–H and O–H groups in total. The van der Waals surface area contributed by atoms with Gasteiger partial charge in [-0.3, -0.25) is 0 Å². The Hall–Kier alpha value is -1.33. The molecular formula is C14H23NO4. The lowest BCUT2D eigenvalue weighted by Gasteiger charge is -2.16. The molecule has 19 heavy (non-hydrogen) atoms. The van der Waals surface area contributed by atoms with Crippen molar-refractivity contribution in [3.63, 3.8) is 0 Å². The first-order valence-corrected chi connectivity index (χ1v) is 6.56. The Morgan fingerprint density at radius 1 is 1.21 bits per heavy atom. The Kier molecular flexibility index (Phi) is 7.22. The van der Waals surface area contributed by atoms with E-state index in [1.165, 1.54) is 0 Å². The number of carbonyl (C=O) groups excluding carboxylic acids is 1. The summed E-state index contributed by atoms with van der Waals surface area (Å²) in [5.74, 6) is -0.0517. The Balaban J connectivity index is 2.82. The molecule has 1 rings (SSSR count). The monoisotopic (exact) mass is 269 g/mol. The van der Waals surface area contributed by atoms with Crippen LogP contribution in [0.15, 0.2) is 12.4 Å². The molecule has 0 bridgehead atoms. The number of esters is 1. The molecule has 0 saturated carbocycles. The van der Waals surface area contributed by atoms with Crippen LogP contribution in [0.4, 0.5) is 0 Å². The molecule has 1 aromatic heterocycles. The van der Waals surface area contributed by atoms with Crippen molar-refractivity contribution in [3.05, 3.63) is 23.5 Å². The summed E-state index contributed by atoms with van der Waals surface area (Å²) in [4.78, 5) is 14.9. The number of methoxy groups -OCH3 is 2. The summed E-state index contributed by atoms with van der Waals surface area (Å²) in [7, 11) is 3.35. The fourth-order valence-electron chi connectivity index (χ4n) is 2.07. The molecule has 0 unspecified atom stereocenters. The number of H-pyrrole nitrogens is 1. The molecule has 108 valence electrons. The van der Waals surface area contributed by atoms with E-state index in [0.29, 0.717) is 25.4 Å². The first-order valence-electron chi connectivity index (χ1n) is 6.56. The number of aromatic nitrogens is 1. The van der Waals surface area contributed by atoms with E-state index in [2.05, 4.69) is 4.98 Å². The second-order valence-corrected chi connectivity index (χ2v) is 4.30. The molecule has 0 aromatic carbocycles. The van der Waals surface area contributed by atoms with Crippen LogP contribution in [0.25, 0.3) is 0 Å². The number of ether oxygens (including phenoxy) is 3. The van der Waals surface area contributed by atoms with E-state index >= 15 is 0 Å². The Labute approximate surface area is 114 Å². The van der Waals surface area contributed by atoms with Gasteiger partial charge in [0.05, 0.1) is 12.2 Å². The number of rotatable bonds is 9. The van der Waals surface area contributed by atoms with Gasteiger partial charge in [0.25, 0.3) is 0 Å². The maximum Gasteiger partial charge on any atom is 0.339 e. The van der Waals surface area contributed by atoms with Crippen molar-refractivity contribution < 1.29 is 19.0 Å². The first kappa shape index (κ1) is 15.7. The molecular weight excluding hydrogens is 246 g/mol. The van der Waals surface area contributed by atoms with Crippen LogP contribution in [-0.2, 0) is 14.2 Å². The van der Waals surface area contributed by atoms with Crippen molar-refractivity contribution in [1.82, 2.24) is 4.98 Å². The van der Waals surface area contributed by atoms with Crippen molar-refractivity contribution in [2.24, 2.45) is 0 Å². The number of hydrogen-bond acceptors (Lipinski definition) is 4. The molecule has 5 heteroatoms. The van der Waals surface area contributed by atoms with Crippen LogP contribution in [0.1, 0.15) is 41.6 Å². The van der Waals surface area contributed by atoms with E-state index in [1.807, 2.05) is 6.20 Å². The summed E-state index contributed by atoms with van der Waals surface area (Å²) in [6.45, 7) is 3.49. The summed E-state index contributed by atoms with van der Waals surface area (Å²) in [6.07, 6.45) is 5.26. The third kappa shape index (κ3) is 4.69. The highest BCUT2D eigenvalue weighted by atomic mass is 16.5. The Bertz CT molecular complexity index is 367. The second-order valence-electron chi connectivity index (χ2n) is 4.30. The molecule has 0 radical (unpaired) electrons. The number of hydrogen-bond donors (Lipinski definition) is 1. The van der Waals surface area contributed by atoms with Crippen LogP contribution in [0.5, 0.6) is 0 Å². The summed E-state index contributed by atoms with van der Waals surface area (Å²) >= 11 is 0. The van der Waals surface area contributed by atoms with E-state index in [4.69, 9.17) is 14.2 Å². The molecule has 0 saturated heterocycles. The molecule has 0 aliphatic heterocycles. The molecule has 0 amide bonds. The van der Waals surface area contributed by atoms with Gasteiger partial charge in [-0.05, 0) is 31.2 Å². The van der Waals surface area contributed by atoms with Gasteiger partial charge in [0.15, 0.2) is 0 Å². The minimum absolute atomic E-state index is 0.227. The van der Waals surface area contributed by atoms with Crippen molar-refractivity contribution in [2.45, 2.75) is 25.7 Å². The summed E-state index contributed by atoms with van der Waals surface area (Å²) in [5, 5.41) is 0. The number of aromatic amines is 1. The zero-order valence-corrected chi connectivity index (χ0v) is 11.9. The average Bonchev–Trinajstić information content (AvgIpc) is 2.88. The molecule has 5 nitrogen and oxygen atoms in total. The van der Waals surface area contributed by atoms with Crippen molar-refractivity contribution in [2.75, 3.05) is 34.0 Å². The van der Waals surface area contributed by atoms with E-state index in [1.54, 1.807) is 27.3 Å². The van der Waals surface area contributed by atoms with Crippen LogP contribution in [0.2, 0.25) is 0 Å². The fraction of sp³-hybridized carbons (Fsp3) is 0.643. The average molecular weight is 269 g/mol. The summed E-state index contributed by atoms with van der Waals surface area (Å²) in [5.41, 5.74) is 1.59. The lowest BCUT2D eigenvalue weighted by Crippen LogP contribution is -2.11. The zero-order valence-electron chi connectivity index (χ0n) is 11.9. The van der Waals surface area contributed by atoms with Crippen molar-refractivity contribution >= 4 is 5.97 Å². The van der Waals surface area contributed by atoms with Gasteiger partial charge >= 0.3 is 5.97 Å². The van der Waals surface area contributed by atoms with Gasteiger partial charge in [0.2, 0.25) is 0 Å². The van der Waals surface area contributed by atoms with Crippen LogP contribution in [0, 0.1) is 0 Å². The molecule has 0 spiro atoms. The van der Waals surface area contributed by atoms with Gasteiger partial charge in [0, 0.05) is 39.8 Å². The van der Waals surface area contributed by atoms with Gasteiger partial charge in [-0.25, -0.2) is 4.79 Å². The van der Waals surface area contributed by atoms with E-state index in [-0.39, 0.29) is 11.9 Å². The number of carbonyl (C=O) groups is 1. The molecule has 0 atom stereocenters. The van der Waals surface area contributed by atoms with Gasteiger partial charge in [0.1, 0.15) is 0 Å². The first-order chi connectivity index (χ1) is 9.24. The van der Waals surface area contributed by atoms with Gasteiger partial charge in [-0.1, -0.05) is 0 Å². The summed E-state index contributed by atoms with van der Waals surface area (Å²) in [6, 6.07) is 0. The highest BCUT2D eigenvalue weighted by Gasteiger charge is 2.21. The van der Waals surface area contributed by atoms with Crippen LogP contribution < -0.4 is 0 Å². The predicted octanol–water partition coefficient (Wildman–Crippen LogP) is 2.35. The Morgan fingerprint density at radius 2 is 1.84 bits per heavy atom. The largest absolute Gasteiger partial charge is 0.462 e. The maximum absolute atomic E-state index is 11.9. The van der Waals surface area contributed by atoms with E-state index in [9.17, 15) is 4.79 Å². The fourth-order valence-corrected chi connectivity index (χ4v) is 2.07. The van der Waals surface area contributed by atoms with E-state index in [0.717, 1.165) is 18.4 Å². The zero-order chi connectivity index (χ0) is 14.1. The minimum Gasteiger partial charge on any atom is -0.462 e. The molecule has 0 aliphatic rings. The lowest BCUT2D eigenvalue weighted by atomic mass is 9.92. The SMILES string of the molecule is CCOC(=O)c1c[nH]cc1C(CCOC)CCOC. The third-order valence-electron chi connectivity index (χ3n) is 3.05.